The Balaban J connectivity index is 2.76. The maximum atomic E-state index is 10.7. The highest BCUT2D eigenvalue weighted by atomic mass is 16.4. The van der Waals surface area contributed by atoms with Gasteiger partial charge in [0.05, 0.1) is 5.56 Å². The lowest BCUT2D eigenvalue weighted by molar-refractivity contribution is 0.0696. The highest BCUT2D eigenvalue weighted by Gasteiger charge is 2.08. The fourth-order valence-corrected chi connectivity index (χ4v) is 1.49. The van der Waals surface area contributed by atoms with Gasteiger partial charge in [-0.1, -0.05) is 31.9 Å². The van der Waals surface area contributed by atoms with Gasteiger partial charge in [0.1, 0.15) is 0 Å². The lowest BCUT2D eigenvalue weighted by atomic mass is 10.0. The number of aromatic carboxylic acids is 1. The number of hydrogen-bond acceptors (Lipinski definition) is 2. The van der Waals surface area contributed by atoms with Crippen LogP contribution in [0.2, 0.25) is 0 Å². The van der Waals surface area contributed by atoms with Crippen LogP contribution in [0, 0.1) is 0 Å². The summed E-state index contributed by atoms with van der Waals surface area (Å²) in [6, 6.07) is 6.81. The van der Waals surface area contributed by atoms with E-state index in [-0.39, 0.29) is 6.04 Å². The van der Waals surface area contributed by atoms with Crippen molar-refractivity contribution in [1.82, 2.24) is 0 Å². The molecule has 0 bridgehead atoms. The zero-order valence-electron chi connectivity index (χ0n) is 8.94. The molecule has 3 N–H and O–H groups in total. The lowest BCUT2D eigenvalue weighted by Gasteiger charge is -2.11. The van der Waals surface area contributed by atoms with Gasteiger partial charge in [-0.2, -0.15) is 0 Å². The monoisotopic (exact) mass is 207 g/mol. The van der Waals surface area contributed by atoms with Gasteiger partial charge in [-0.15, -0.1) is 0 Å². The maximum Gasteiger partial charge on any atom is 0.335 e. The van der Waals surface area contributed by atoms with Crippen molar-refractivity contribution in [1.29, 1.82) is 0 Å². The minimum absolute atomic E-state index is 0.0516. The third kappa shape index (κ3) is 3.36. The Bertz CT molecular complexity index is 336. The SMILES string of the molecule is CCCC[C@@H](N)c1cccc(C(=O)O)c1. The van der Waals surface area contributed by atoms with Gasteiger partial charge in [-0.3, -0.25) is 0 Å². The molecule has 3 heteroatoms. The van der Waals surface area contributed by atoms with Crippen LogP contribution in [-0.2, 0) is 0 Å². The molecule has 1 rings (SSSR count). The number of unbranched alkanes of at least 4 members (excludes halogenated alkanes) is 1. The predicted molar refractivity (Wildman–Crippen MR) is 59.9 cm³/mol. The molecule has 1 aromatic rings. The predicted octanol–water partition coefficient (Wildman–Crippen LogP) is 2.57. The van der Waals surface area contributed by atoms with Gasteiger partial charge < -0.3 is 10.8 Å². The zero-order valence-corrected chi connectivity index (χ0v) is 8.94. The Labute approximate surface area is 89.9 Å². The molecule has 0 aliphatic heterocycles. The summed E-state index contributed by atoms with van der Waals surface area (Å²) < 4.78 is 0. The van der Waals surface area contributed by atoms with Crippen LogP contribution in [0.3, 0.4) is 0 Å². The molecule has 0 radical (unpaired) electrons. The lowest BCUT2D eigenvalue weighted by Crippen LogP contribution is -2.11. The minimum Gasteiger partial charge on any atom is -0.478 e. The number of nitrogens with two attached hydrogens (primary N) is 1. The van der Waals surface area contributed by atoms with Crippen molar-refractivity contribution in [2.75, 3.05) is 0 Å². The molecule has 1 aromatic carbocycles. The molecule has 0 unspecified atom stereocenters. The van der Waals surface area contributed by atoms with Crippen LogP contribution in [-0.4, -0.2) is 11.1 Å². The van der Waals surface area contributed by atoms with Gasteiger partial charge in [-0.25, -0.2) is 4.79 Å². The number of carboxylic acid groups (broad SMARTS) is 1. The van der Waals surface area contributed by atoms with E-state index >= 15 is 0 Å². The Hall–Kier alpha value is -1.35. The molecule has 15 heavy (non-hydrogen) atoms. The summed E-state index contributed by atoms with van der Waals surface area (Å²) in [5.74, 6) is -0.903. The molecule has 0 saturated heterocycles. The number of benzene rings is 1. The van der Waals surface area contributed by atoms with E-state index in [9.17, 15) is 4.79 Å². The van der Waals surface area contributed by atoms with E-state index in [4.69, 9.17) is 10.8 Å². The molecule has 1 atom stereocenters. The molecule has 0 aliphatic rings. The van der Waals surface area contributed by atoms with Crippen LogP contribution < -0.4 is 5.73 Å². The number of hydrogen-bond donors (Lipinski definition) is 2. The topological polar surface area (TPSA) is 63.3 Å². The number of carbonyl (C=O) groups is 1. The zero-order chi connectivity index (χ0) is 11.3. The summed E-state index contributed by atoms with van der Waals surface area (Å²) in [4.78, 5) is 10.7. The first kappa shape index (κ1) is 11.7. The van der Waals surface area contributed by atoms with E-state index in [1.54, 1.807) is 18.2 Å². The summed E-state index contributed by atoms with van der Waals surface area (Å²) in [5.41, 5.74) is 7.17. The summed E-state index contributed by atoms with van der Waals surface area (Å²) >= 11 is 0. The van der Waals surface area contributed by atoms with E-state index in [0.29, 0.717) is 5.56 Å². The normalized spacial score (nSPS) is 12.4. The Morgan fingerprint density at radius 3 is 2.87 bits per heavy atom. The van der Waals surface area contributed by atoms with Gasteiger partial charge in [0.15, 0.2) is 0 Å². The summed E-state index contributed by atoms with van der Waals surface area (Å²) in [7, 11) is 0. The van der Waals surface area contributed by atoms with E-state index in [1.165, 1.54) is 0 Å². The molecule has 0 aliphatic carbocycles. The third-order valence-corrected chi connectivity index (χ3v) is 2.43. The van der Waals surface area contributed by atoms with Crippen molar-refractivity contribution in [2.24, 2.45) is 5.73 Å². The Kier molecular flexibility index (Phi) is 4.31. The van der Waals surface area contributed by atoms with Crippen molar-refractivity contribution >= 4 is 5.97 Å². The average Bonchev–Trinajstić information content (AvgIpc) is 2.26. The first-order valence-electron chi connectivity index (χ1n) is 5.24. The fraction of sp³-hybridized carbons (Fsp3) is 0.417. The second-order valence-corrected chi connectivity index (χ2v) is 3.68. The summed E-state index contributed by atoms with van der Waals surface area (Å²) in [6.07, 6.45) is 3.07. The van der Waals surface area contributed by atoms with E-state index in [0.717, 1.165) is 24.8 Å². The molecule has 82 valence electrons. The fourth-order valence-electron chi connectivity index (χ4n) is 1.49. The van der Waals surface area contributed by atoms with Gasteiger partial charge in [0.25, 0.3) is 0 Å². The third-order valence-electron chi connectivity index (χ3n) is 2.43. The van der Waals surface area contributed by atoms with Crippen molar-refractivity contribution in [3.63, 3.8) is 0 Å². The molecule has 0 saturated carbocycles. The molecular formula is C12H17NO2. The second-order valence-electron chi connectivity index (χ2n) is 3.68. The number of carboxylic acids is 1. The van der Waals surface area contributed by atoms with Crippen molar-refractivity contribution < 1.29 is 9.90 Å². The summed E-state index contributed by atoms with van der Waals surface area (Å²) in [6.45, 7) is 2.11. The van der Waals surface area contributed by atoms with Crippen LogP contribution in [0.4, 0.5) is 0 Å². The van der Waals surface area contributed by atoms with Crippen LogP contribution in [0.1, 0.15) is 48.1 Å². The van der Waals surface area contributed by atoms with E-state index < -0.39 is 5.97 Å². The quantitative estimate of drug-likeness (QED) is 0.780. The standard InChI is InChI=1S/C12H17NO2/c1-2-3-7-11(13)9-5-4-6-10(8-9)12(14)15/h4-6,8,11H,2-3,7,13H2,1H3,(H,14,15)/t11-/m1/s1. The van der Waals surface area contributed by atoms with Crippen LogP contribution >= 0.6 is 0 Å². The minimum atomic E-state index is -0.903. The first-order valence-corrected chi connectivity index (χ1v) is 5.24. The second kappa shape index (κ2) is 5.51. The van der Waals surface area contributed by atoms with Crippen molar-refractivity contribution in [3.05, 3.63) is 35.4 Å². The summed E-state index contributed by atoms with van der Waals surface area (Å²) in [5, 5.41) is 8.83. The Morgan fingerprint density at radius 2 is 2.27 bits per heavy atom. The van der Waals surface area contributed by atoms with Gasteiger partial charge in [-0.05, 0) is 24.1 Å². The molecule has 0 fully saturated rings. The first-order chi connectivity index (χ1) is 7.15. The highest BCUT2D eigenvalue weighted by molar-refractivity contribution is 5.87. The Morgan fingerprint density at radius 1 is 1.53 bits per heavy atom. The van der Waals surface area contributed by atoms with Crippen molar-refractivity contribution in [2.45, 2.75) is 32.2 Å². The molecule has 0 heterocycles. The van der Waals surface area contributed by atoms with Gasteiger partial charge in [0, 0.05) is 6.04 Å². The van der Waals surface area contributed by atoms with Crippen LogP contribution in [0.5, 0.6) is 0 Å². The van der Waals surface area contributed by atoms with E-state index in [1.807, 2.05) is 6.07 Å². The molecule has 0 spiro atoms. The number of rotatable bonds is 5. The van der Waals surface area contributed by atoms with E-state index in [2.05, 4.69) is 6.92 Å². The molecule has 0 aromatic heterocycles. The van der Waals surface area contributed by atoms with Gasteiger partial charge in [0.2, 0.25) is 0 Å². The molecule has 3 nitrogen and oxygen atoms in total. The smallest absolute Gasteiger partial charge is 0.335 e. The molecule has 0 amide bonds. The van der Waals surface area contributed by atoms with Crippen LogP contribution in [0.15, 0.2) is 24.3 Å². The largest absolute Gasteiger partial charge is 0.478 e. The molecular weight excluding hydrogens is 190 g/mol. The average molecular weight is 207 g/mol. The highest BCUT2D eigenvalue weighted by Crippen LogP contribution is 2.17. The van der Waals surface area contributed by atoms with Gasteiger partial charge >= 0.3 is 5.97 Å². The maximum absolute atomic E-state index is 10.7. The van der Waals surface area contributed by atoms with Crippen molar-refractivity contribution in [3.8, 4) is 0 Å². The van der Waals surface area contributed by atoms with Crippen LogP contribution in [0.25, 0.3) is 0 Å².